The molecule has 3 unspecified atom stereocenters. The number of hydrogen-bond acceptors (Lipinski definition) is 3. The second-order valence-corrected chi connectivity index (χ2v) is 6.44. The molecule has 1 aromatic carbocycles. The highest BCUT2D eigenvalue weighted by Gasteiger charge is 2.24. The molecule has 0 spiro atoms. The Balaban J connectivity index is 1.90. The third-order valence-electron chi connectivity index (χ3n) is 3.70. The lowest BCUT2D eigenvalue weighted by Gasteiger charge is -2.14. The summed E-state index contributed by atoms with van der Waals surface area (Å²) in [6, 6.07) is 7.81. The molecule has 4 heteroatoms. The lowest BCUT2D eigenvalue weighted by atomic mass is 10.0. The van der Waals surface area contributed by atoms with Crippen LogP contribution in [0.1, 0.15) is 25.7 Å². The maximum atomic E-state index is 12.2. The average Bonchev–Trinajstić information content (AvgIpc) is 2.81. The van der Waals surface area contributed by atoms with E-state index in [0.29, 0.717) is 17.7 Å². The molecule has 1 aromatic rings. The van der Waals surface area contributed by atoms with E-state index in [1.54, 1.807) is 7.11 Å². The normalized spacial score (nSPS) is 25.0. The zero-order chi connectivity index (χ0) is 13.0. The molecule has 3 nitrogen and oxygen atoms in total. The van der Waals surface area contributed by atoms with Crippen molar-refractivity contribution in [1.82, 2.24) is 0 Å². The van der Waals surface area contributed by atoms with E-state index in [9.17, 15) is 4.21 Å². The van der Waals surface area contributed by atoms with Crippen molar-refractivity contribution >= 4 is 10.8 Å². The summed E-state index contributed by atoms with van der Waals surface area (Å²) in [4.78, 5) is 0.848. The van der Waals surface area contributed by atoms with Gasteiger partial charge in [-0.2, -0.15) is 0 Å². The first-order chi connectivity index (χ1) is 8.70. The van der Waals surface area contributed by atoms with Gasteiger partial charge in [0, 0.05) is 16.7 Å². The fraction of sp³-hybridized carbons (Fsp3) is 0.571. The zero-order valence-electron chi connectivity index (χ0n) is 10.8. The molecule has 3 atom stereocenters. The Morgan fingerprint density at radius 1 is 1.44 bits per heavy atom. The van der Waals surface area contributed by atoms with Gasteiger partial charge in [-0.1, -0.05) is 12.5 Å². The lowest BCUT2D eigenvalue weighted by Crippen LogP contribution is -2.25. The highest BCUT2D eigenvalue weighted by molar-refractivity contribution is 7.85. The Bertz CT molecular complexity index is 422. The van der Waals surface area contributed by atoms with Crippen molar-refractivity contribution in [2.75, 3.05) is 12.9 Å². The highest BCUT2D eigenvalue weighted by atomic mass is 32.2. The third-order valence-corrected chi connectivity index (χ3v) is 5.08. The molecule has 1 fully saturated rings. The van der Waals surface area contributed by atoms with Gasteiger partial charge in [0.2, 0.25) is 0 Å². The van der Waals surface area contributed by atoms with E-state index >= 15 is 0 Å². The number of rotatable bonds is 5. The summed E-state index contributed by atoms with van der Waals surface area (Å²) in [6.07, 6.45) is 4.50. The minimum absolute atomic E-state index is 0.312. The summed E-state index contributed by atoms with van der Waals surface area (Å²) < 4.78 is 17.3. The van der Waals surface area contributed by atoms with Gasteiger partial charge in [0.25, 0.3) is 0 Å². The Labute approximate surface area is 111 Å². The summed E-state index contributed by atoms with van der Waals surface area (Å²) in [5, 5.41) is 0. The van der Waals surface area contributed by atoms with Crippen molar-refractivity contribution in [3.05, 3.63) is 24.3 Å². The van der Waals surface area contributed by atoms with Crippen molar-refractivity contribution in [3.63, 3.8) is 0 Å². The van der Waals surface area contributed by atoms with Crippen LogP contribution in [0.3, 0.4) is 0 Å². The quantitative estimate of drug-likeness (QED) is 0.890. The molecule has 1 aliphatic rings. The van der Waals surface area contributed by atoms with Gasteiger partial charge in [-0.15, -0.1) is 0 Å². The number of hydrogen-bond donors (Lipinski definition) is 1. The lowest BCUT2D eigenvalue weighted by molar-refractivity contribution is 0.413. The smallest absolute Gasteiger partial charge is 0.120 e. The first-order valence-electron chi connectivity index (χ1n) is 6.48. The first-order valence-corrected chi connectivity index (χ1v) is 7.80. The fourth-order valence-electron chi connectivity index (χ4n) is 2.54. The molecule has 100 valence electrons. The number of nitrogens with two attached hydrogens (primary N) is 1. The van der Waals surface area contributed by atoms with Crippen LogP contribution in [-0.4, -0.2) is 23.1 Å². The minimum atomic E-state index is -0.942. The molecule has 0 heterocycles. The maximum absolute atomic E-state index is 12.2. The van der Waals surface area contributed by atoms with E-state index in [-0.39, 0.29) is 0 Å². The first kappa shape index (κ1) is 13.6. The molecule has 1 aliphatic carbocycles. The second-order valence-electron chi connectivity index (χ2n) is 4.87. The van der Waals surface area contributed by atoms with Gasteiger partial charge in [0.1, 0.15) is 5.75 Å². The summed E-state index contributed by atoms with van der Waals surface area (Å²) in [6.45, 7) is 0. The third kappa shape index (κ3) is 3.33. The summed E-state index contributed by atoms with van der Waals surface area (Å²) in [7, 11) is 0.683. The number of ether oxygens (including phenoxy) is 1. The minimum Gasteiger partial charge on any atom is -0.497 e. The average molecular weight is 267 g/mol. The molecule has 0 aliphatic heterocycles. The van der Waals surface area contributed by atoms with Crippen molar-refractivity contribution in [2.24, 2.45) is 11.7 Å². The molecule has 0 aromatic heterocycles. The number of benzene rings is 1. The van der Waals surface area contributed by atoms with Gasteiger partial charge < -0.3 is 10.5 Å². The van der Waals surface area contributed by atoms with Crippen molar-refractivity contribution in [3.8, 4) is 5.75 Å². The molecule has 18 heavy (non-hydrogen) atoms. The molecule has 0 amide bonds. The summed E-state index contributed by atoms with van der Waals surface area (Å²) in [5.41, 5.74) is 6.03. The van der Waals surface area contributed by atoms with E-state index in [1.807, 2.05) is 24.3 Å². The van der Waals surface area contributed by atoms with Crippen molar-refractivity contribution in [2.45, 2.75) is 36.6 Å². The van der Waals surface area contributed by atoms with Crippen LogP contribution in [0.5, 0.6) is 5.75 Å². The van der Waals surface area contributed by atoms with Gasteiger partial charge in [0.15, 0.2) is 0 Å². The summed E-state index contributed by atoms with van der Waals surface area (Å²) in [5.74, 6) is 2.02. The molecule has 2 N–H and O–H groups in total. The Hall–Kier alpha value is -0.870. The topological polar surface area (TPSA) is 52.3 Å². The van der Waals surface area contributed by atoms with Crippen molar-refractivity contribution < 1.29 is 8.95 Å². The molecule has 0 radical (unpaired) electrons. The van der Waals surface area contributed by atoms with Crippen molar-refractivity contribution in [1.29, 1.82) is 0 Å². The van der Waals surface area contributed by atoms with Crippen LogP contribution in [0.4, 0.5) is 0 Å². The molecular weight excluding hydrogens is 246 g/mol. The predicted molar refractivity (Wildman–Crippen MR) is 74.2 cm³/mol. The van der Waals surface area contributed by atoms with Crippen LogP contribution in [0.2, 0.25) is 0 Å². The molecule has 2 rings (SSSR count). The van der Waals surface area contributed by atoms with Gasteiger partial charge >= 0.3 is 0 Å². The van der Waals surface area contributed by atoms with Crippen LogP contribution < -0.4 is 10.5 Å². The predicted octanol–water partition coefficient (Wildman–Crippen LogP) is 2.32. The van der Waals surface area contributed by atoms with Gasteiger partial charge in [0.05, 0.1) is 17.9 Å². The summed E-state index contributed by atoms with van der Waals surface area (Å²) >= 11 is 0. The van der Waals surface area contributed by atoms with Gasteiger partial charge in [-0.25, -0.2) is 0 Å². The van der Waals surface area contributed by atoms with Gasteiger partial charge in [-0.05, 0) is 43.4 Å². The fourth-order valence-corrected chi connectivity index (χ4v) is 3.77. The standard InChI is InChI=1S/C14H21NO2S/c1-17-12-5-3-6-13(10-12)18(16)9-8-11-4-2-7-14(11)15/h3,5-6,10-11,14H,2,4,7-9,15H2,1H3. The van der Waals surface area contributed by atoms with Crippen LogP contribution >= 0.6 is 0 Å². The molecule has 0 bridgehead atoms. The maximum Gasteiger partial charge on any atom is 0.120 e. The van der Waals surface area contributed by atoms with Crippen LogP contribution in [0, 0.1) is 5.92 Å². The van der Waals surface area contributed by atoms with Crippen LogP contribution in [-0.2, 0) is 10.8 Å². The molecule has 0 saturated heterocycles. The zero-order valence-corrected chi connectivity index (χ0v) is 11.6. The monoisotopic (exact) mass is 267 g/mol. The Morgan fingerprint density at radius 3 is 2.94 bits per heavy atom. The Kier molecular flexibility index (Phi) is 4.78. The second kappa shape index (κ2) is 6.34. The highest BCUT2D eigenvalue weighted by Crippen LogP contribution is 2.27. The Morgan fingerprint density at radius 2 is 2.28 bits per heavy atom. The van der Waals surface area contributed by atoms with Crippen LogP contribution in [0.15, 0.2) is 29.2 Å². The van der Waals surface area contributed by atoms with E-state index in [1.165, 1.54) is 12.8 Å². The molecule has 1 saturated carbocycles. The SMILES string of the molecule is COc1cccc(S(=O)CCC2CCCC2N)c1. The number of methoxy groups -OCH3 is 1. The van der Waals surface area contributed by atoms with E-state index in [2.05, 4.69) is 0 Å². The van der Waals surface area contributed by atoms with Crippen LogP contribution in [0.25, 0.3) is 0 Å². The largest absolute Gasteiger partial charge is 0.497 e. The van der Waals surface area contributed by atoms with E-state index in [4.69, 9.17) is 10.5 Å². The van der Waals surface area contributed by atoms with Gasteiger partial charge in [-0.3, -0.25) is 4.21 Å². The van der Waals surface area contributed by atoms with E-state index < -0.39 is 10.8 Å². The van der Waals surface area contributed by atoms with E-state index in [0.717, 1.165) is 23.5 Å². The molecular formula is C14H21NO2S.